The highest BCUT2D eigenvalue weighted by atomic mass is 16.5. The fourth-order valence-electron chi connectivity index (χ4n) is 1.78. The Labute approximate surface area is 110 Å². The Bertz CT molecular complexity index is 315. The van der Waals surface area contributed by atoms with E-state index >= 15 is 0 Å². The zero-order valence-electron chi connectivity index (χ0n) is 11.7. The molecule has 0 radical (unpaired) electrons. The summed E-state index contributed by atoms with van der Waals surface area (Å²) in [6.45, 7) is 6.01. The molecule has 102 valence electrons. The molecule has 0 aromatic heterocycles. The number of unbranched alkanes of at least 4 members (excludes halogenated alkanes) is 1. The highest BCUT2D eigenvalue weighted by Gasteiger charge is 1.96. The summed E-state index contributed by atoms with van der Waals surface area (Å²) in [5.41, 5.74) is 1.33. The first-order chi connectivity index (χ1) is 8.86. The summed E-state index contributed by atoms with van der Waals surface area (Å²) >= 11 is 0. The Balaban J connectivity index is 2.03. The summed E-state index contributed by atoms with van der Waals surface area (Å²) in [6.07, 6.45) is 3.36. The third-order valence-corrected chi connectivity index (χ3v) is 2.90. The van der Waals surface area contributed by atoms with E-state index in [1.807, 2.05) is 6.07 Å². The van der Waals surface area contributed by atoms with Gasteiger partial charge in [-0.25, -0.2) is 0 Å². The molecule has 0 saturated carbocycles. The topological polar surface area (TPSA) is 35.1 Å². The minimum Gasteiger partial charge on any atom is -0.494 e. The molecular weight excluding hydrogens is 226 g/mol. The van der Waals surface area contributed by atoms with E-state index < -0.39 is 0 Å². The minimum absolute atomic E-state index is 0.811. The van der Waals surface area contributed by atoms with Gasteiger partial charge in [0.25, 0.3) is 0 Å². The molecule has 0 heterocycles. The second kappa shape index (κ2) is 9.92. The molecule has 2 N–H and O–H groups in total. The van der Waals surface area contributed by atoms with E-state index in [1.54, 1.807) is 7.11 Å². The van der Waals surface area contributed by atoms with Crippen LogP contribution in [0.25, 0.3) is 0 Å². The molecule has 0 unspecified atom stereocenters. The van der Waals surface area contributed by atoms with Gasteiger partial charge in [0, 0.05) is 7.11 Å². The van der Waals surface area contributed by atoms with Crippen molar-refractivity contribution in [3.05, 3.63) is 29.8 Å². The lowest BCUT2D eigenvalue weighted by Crippen LogP contribution is -2.85. The van der Waals surface area contributed by atoms with E-state index in [1.165, 1.54) is 12.0 Å². The quantitative estimate of drug-likeness (QED) is 0.642. The molecule has 0 bridgehead atoms. The zero-order valence-corrected chi connectivity index (χ0v) is 11.7. The minimum atomic E-state index is 0.811. The average molecular weight is 252 g/mol. The monoisotopic (exact) mass is 252 g/mol. The van der Waals surface area contributed by atoms with Gasteiger partial charge in [-0.1, -0.05) is 19.1 Å². The van der Waals surface area contributed by atoms with Gasteiger partial charge in [-0.15, -0.1) is 0 Å². The third-order valence-electron chi connectivity index (χ3n) is 2.90. The Hall–Kier alpha value is -1.06. The lowest BCUT2D eigenvalue weighted by atomic mass is 10.2. The molecular formula is C15H26NO2+. The Kier molecular flexibility index (Phi) is 8.26. The van der Waals surface area contributed by atoms with Crippen LogP contribution in [-0.4, -0.2) is 33.4 Å². The number of quaternary nitrogens is 1. The van der Waals surface area contributed by atoms with Gasteiger partial charge in [-0.2, -0.15) is 0 Å². The summed E-state index contributed by atoms with van der Waals surface area (Å²) in [5.74, 6) is 0.998. The summed E-state index contributed by atoms with van der Waals surface area (Å²) in [4.78, 5) is 0. The van der Waals surface area contributed by atoms with E-state index in [0.29, 0.717) is 0 Å². The van der Waals surface area contributed by atoms with Crippen molar-refractivity contribution in [2.24, 2.45) is 0 Å². The van der Waals surface area contributed by atoms with Crippen molar-refractivity contribution in [1.29, 1.82) is 0 Å². The predicted molar refractivity (Wildman–Crippen MR) is 74.1 cm³/mol. The molecule has 3 nitrogen and oxygen atoms in total. The normalized spacial score (nSPS) is 10.6. The number of benzene rings is 1. The van der Waals surface area contributed by atoms with Crippen molar-refractivity contribution in [1.82, 2.24) is 0 Å². The molecule has 0 aliphatic carbocycles. The third kappa shape index (κ3) is 6.62. The fraction of sp³-hybridized carbons (Fsp3) is 0.600. The second-order valence-corrected chi connectivity index (χ2v) is 4.42. The Morgan fingerprint density at radius 1 is 1.11 bits per heavy atom. The van der Waals surface area contributed by atoms with E-state index in [9.17, 15) is 0 Å². The van der Waals surface area contributed by atoms with Crippen LogP contribution in [0.15, 0.2) is 24.3 Å². The number of hydrogen-bond donors (Lipinski definition) is 1. The zero-order chi connectivity index (χ0) is 13.1. The fourth-order valence-corrected chi connectivity index (χ4v) is 1.78. The first-order valence-corrected chi connectivity index (χ1v) is 6.89. The van der Waals surface area contributed by atoms with Gasteiger partial charge in [0.1, 0.15) is 5.75 Å². The van der Waals surface area contributed by atoms with Crippen LogP contribution >= 0.6 is 0 Å². The van der Waals surface area contributed by atoms with Gasteiger partial charge in [-0.3, -0.25) is 0 Å². The van der Waals surface area contributed by atoms with Crippen LogP contribution in [0.4, 0.5) is 0 Å². The van der Waals surface area contributed by atoms with E-state index in [2.05, 4.69) is 30.4 Å². The lowest BCUT2D eigenvalue weighted by molar-refractivity contribution is -0.656. The van der Waals surface area contributed by atoms with Gasteiger partial charge in [0.05, 0.1) is 26.3 Å². The maximum Gasteiger partial charge on any atom is 0.119 e. The molecule has 18 heavy (non-hydrogen) atoms. The summed E-state index contributed by atoms with van der Waals surface area (Å²) in [7, 11) is 1.74. The molecule has 1 aromatic carbocycles. The molecule has 1 rings (SSSR count). The van der Waals surface area contributed by atoms with Crippen molar-refractivity contribution in [3.63, 3.8) is 0 Å². The SMILES string of the molecule is CCc1cccc(OCCCC[NH2+]CCOC)c1. The van der Waals surface area contributed by atoms with Gasteiger partial charge in [0.15, 0.2) is 0 Å². The number of methoxy groups -OCH3 is 1. The summed E-state index contributed by atoms with van der Waals surface area (Å²) in [5, 5.41) is 2.29. The number of hydrogen-bond acceptors (Lipinski definition) is 2. The molecule has 0 aliphatic rings. The van der Waals surface area contributed by atoms with Crippen molar-refractivity contribution in [2.45, 2.75) is 26.2 Å². The van der Waals surface area contributed by atoms with Crippen LogP contribution in [0.3, 0.4) is 0 Å². The smallest absolute Gasteiger partial charge is 0.119 e. The molecule has 1 aromatic rings. The van der Waals surface area contributed by atoms with Gasteiger partial charge >= 0.3 is 0 Å². The molecule has 3 heteroatoms. The van der Waals surface area contributed by atoms with Crippen molar-refractivity contribution in [3.8, 4) is 5.75 Å². The Morgan fingerprint density at radius 2 is 2.00 bits per heavy atom. The predicted octanol–water partition coefficient (Wildman–Crippen LogP) is 1.62. The molecule has 0 spiro atoms. The number of ether oxygens (including phenoxy) is 2. The van der Waals surface area contributed by atoms with Gasteiger partial charge in [-0.05, 0) is 37.0 Å². The second-order valence-electron chi connectivity index (χ2n) is 4.42. The van der Waals surface area contributed by atoms with Gasteiger partial charge < -0.3 is 14.8 Å². The highest BCUT2D eigenvalue weighted by molar-refractivity contribution is 5.28. The number of aryl methyl sites for hydroxylation is 1. The standard InChI is InChI=1S/C15H25NO2/c1-3-14-7-6-8-15(13-14)18-11-5-4-9-16-10-12-17-2/h6-8,13,16H,3-5,9-12H2,1-2H3/p+1. The van der Waals surface area contributed by atoms with Crippen LogP contribution in [0.5, 0.6) is 5.75 Å². The van der Waals surface area contributed by atoms with E-state index in [-0.39, 0.29) is 0 Å². The average Bonchev–Trinajstić information content (AvgIpc) is 2.42. The number of nitrogens with two attached hydrogens (primary N) is 1. The summed E-state index contributed by atoms with van der Waals surface area (Å²) < 4.78 is 10.7. The van der Waals surface area contributed by atoms with Crippen LogP contribution in [0.2, 0.25) is 0 Å². The first kappa shape index (κ1) is 15.0. The van der Waals surface area contributed by atoms with E-state index in [4.69, 9.17) is 9.47 Å². The lowest BCUT2D eigenvalue weighted by Gasteiger charge is -2.07. The largest absolute Gasteiger partial charge is 0.494 e. The van der Waals surface area contributed by atoms with Crippen LogP contribution in [0.1, 0.15) is 25.3 Å². The molecule has 0 amide bonds. The highest BCUT2D eigenvalue weighted by Crippen LogP contribution is 2.13. The Morgan fingerprint density at radius 3 is 2.78 bits per heavy atom. The molecule has 0 atom stereocenters. The van der Waals surface area contributed by atoms with Crippen molar-refractivity contribution < 1.29 is 14.8 Å². The number of rotatable bonds is 10. The molecule has 0 fully saturated rings. The summed E-state index contributed by atoms with van der Waals surface area (Å²) in [6, 6.07) is 8.36. The molecule has 0 saturated heterocycles. The van der Waals surface area contributed by atoms with Crippen molar-refractivity contribution in [2.75, 3.05) is 33.4 Å². The van der Waals surface area contributed by atoms with Crippen LogP contribution < -0.4 is 10.1 Å². The van der Waals surface area contributed by atoms with Crippen molar-refractivity contribution >= 4 is 0 Å². The maximum atomic E-state index is 5.74. The first-order valence-electron chi connectivity index (χ1n) is 6.89. The van der Waals surface area contributed by atoms with E-state index in [0.717, 1.165) is 44.9 Å². The molecule has 0 aliphatic heterocycles. The van der Waals surface area contributed by atoms with Crippen LogP contribution in [-0.2, 0) is 11.2 Å². The van der Waals surface area contributed by atoms with Gasteiger partial charge in [0.2, 0.25) is 0 Å². The van der Waals surface area contributed by atoms with Crippen LogP contribution in [0, 0.1) is 0 Å². The maximum absolute atomic E-state index is 5.74.